The third-order valence-corrected chi connectivity index (χ3v) is 14.3. The van der Waals surface area contributed by atoms with Crippen molar-refractivity contribution in [1.29, 1.82) is 0 Å². The van der Waals surface area contributed by atoms with Crippen LogP contribution in [0.4, 0.5) is 17.1 Å². The van der Waals surface area contributed by atoms with Crippen LogP contribution in [0.5, 0.6) is 0 Å². The minimum absolute atomic E-state index is 1.11. The van der Waals surface area contributed by atoms with Crippen LogP contribution < -0.4 is 4.90 Å². The van der Waals surface area contributed by atoms with Gasteiger partial charge in [-0.3, -0.25) is 0 Å². The first kappa shape index (κ1) is 37.3. The first-order valence-corrected chi connectivity index (χ1v) is 23.1. The Balaban J connectivity index is 1.07. The van der Waals surface area contributed by atoms with Crippen LogP contribution in [-0.2, 0) is 0 Å². The van der Waals surface area contributed by atoms with Gasteiger partial charge in [0.1, 0.15) is 0 Å². The second kappa shape index (κ2) is 15.2. The van der Waals surface area contributed by atoms with Crippen LogP contribution in [0, 0.1) is 0 Å². The SMILES string of the molecule is c1ccc(-c2ccc(N(c3ccc4c(c3)c3cc5ccccc5cc3n4-c3cc(-c4ccccc4)cc(-c4ccccc4)c3)c3cccc4c3sc3ccc5ccccc5c34)cc2)cc1. The van der Waals surface area contributed by atoms with Gasteiger partial charge in [0.25, 0.3) is 0 Å². The second-order valence-electron chi connectivity index (χ2n) is 16.9. The van der Waals surface area contributed by atoms with E-state index in [9.17, 15) is 0 Å². The first-order valence-electron chi connectivity index (χ1n) is 22.2. The molecule has 0 fully saturated rings. The van der Waals surface area contributed by atoms with Crippen molar-refractivity contribution < 1.29 is 0 Å². The summed E-state index contributed by atoms with van der Waals surface area (Å²) < 4.78 is 5.05. The lowest BCUT2D eigenvalue weighted by Crippen LogP contribution is -2.10. The van der Waals surface area contributed by atoms with Crippen LogP contribution in [0.1, 0.15) is 0 Å². The zero-order chi connectivity index (χ0) is 42.8. The highest BCUT2D eigenvalue weighted by atomic mass is 32.1. The molecule has 0 aliphatic heterocycles. The molecule has 0 radical (unpaired) electrons. The summed E-state index contributed by atoms with van der Waals surface area (Å²) in [7, 11) is 0. The molecule has 11 aromatic carbocycles. The zero-order valence-corrected chi connectivity index (χ0v) is 36.2. The van der Waals surface area contributed by atoms with Gasteiger partial charge in [-0.15, -0.1) is 11.3 Å². The smallest absolute Gasteiger partial charge is 0.0640 e. The Bertz CT molecular complexity index is 3870. The van der Waals surface area contributed by atoms with Crippen molar-refractivity contribution in [2.45, 2.75) is 0 Å². The Morgan fingerprint density at radius 2 is 0.877 bits per heavy atom. The van der Waals surface area contributed by atoms with Gasteiger partial charge in [0.15, 0.2) is 0 Å². The highest BCUT2D eigenvalue weighted by molar-refractivity contribution is 7.26. The van der Waals surface area contributed by atoms with E-state index in [4.69, 9.17) is 0 Å². The number of fused-ring (bicyclic) bond motifs is 9. The van der Waals surface area contributed by atoms with Gasteiger partial charge in [0.05, 0.1) is 21.4 Å². The summed E-state index contributed by atoms with van der Waals surface area (Å²) in [5, 5.41) is 10.0. The van der Waals surface area contributed by atoms with Crippen molar-refractivity contribution in [3.05, 3.63) is 243 Å². The van der Waals surface area contributed by atoms with Gasteiger partial charge < -0.3 is 9.47 Å². The van der Waals surface area contributed by atoms with Gasteiger partial charge in [-0.05, 0) is 128 Å². The summed E-state index contributed by atoms with van der Waals surface area (Å²) >= 11 is 1.88. The van der Waals surface area contributed by atoms with Gasteiger partial charge in [-0.2, -0.15) is 0 Å². The molecule has 0 spiro atoms. The Hall–Kier alpha value is -8.24. The molecule has 3 heteroatoms. The van der Waals surface area contributed by atoms with E-state index in [0.29, 0.717) is 0 Å². The summed E-state index contributed by atoms with van der Waals surface area (Å²) in [5.41, 5.74) is 14.0. The van der Waals surface area contributed by atoms with Crippen molar-refractivity contribution in [3.8, 4) is 39.1 Å². The fraction of sp³-hybridized carbons (Fsp3) is 0. The Kier molecular flexibility index (Phi) is 8.75. The lowest BCUT2D eigenvalue weighted by atomic mass is 9.98. The Morgan fingerprint density at radius 1 is 0.323 bits per heavy atom. The average Bonchev–Trinajstić information content (AvgIpc) is 3.92. The van der Waals surface area contributed by atoms with E-state index >= 15 is 0 Å². The number of hydrogen-bond acceptors (Lipinski definition) is 2. The van der Waals surface area contributed by atoms with Crippen molar-refractivity contribution in [1.82, 2.24) is 4.57 Å². The lowest BCUT2D eigenvalue weighted by Gasteiger charge is -2.26. The molecule has 65 heavy (non-hydrogen) atoms. The molecule has 0 amide bonds. The highest BCUT2D eigenvalue weighted by Gasteiger charge is 2.22. The Labute approximate surface area is 381 Å². The van der Waals surface area contributed by atoms with Crippen LogP contribution in [0.15, 0.2) is 243 Å². The minimum atomic E-state index is 1.11. The van der Waals surface area contributed by atoms with Crippen LogP contribution in [0.2, 0.25) is 0 Å². The molecule has 0 saturated carbocycles. The summed E-state index contributed by atoms with van der Waals surface area (Å²) in [6, 6.07) is 89.1. The van der Waals surface area contributed by atoms with E-state index < -0.39 is 0 Å². The van der Waals surface area contributed by atoms with Crippen LogP contribution in [-0.4, -0.2) is 4.57 Å². The zero-order valence-electron chi connectivity index (χ0n) is 35.4. The fourth-order valence-corrected chi connectivity index (χ4v) is 11.3. The van der Waals surface area contributed by atoms with Crippen molar-refractivity contribution in [2.75, 3.05) is 4.90 Å². The maximum atomic E-state index is 2.48. The fourth-order valence-electron chi connectivity index (χ4n) is 10.0. The third kappa shape index (κ3) is 6.31. The molecule has 13 aromatic rings. The predicted molar refractivity (Wildman–Crippen MR) is 280 cm³/mol. The normalized spacial score (nSPS) is 11.7. The molecular weight excluding hydrogens is 805 g/mol. The quantitative estimate of drug-likeness (QED) is 0.155. The van der Waals surface area contributed by atoms with E-state index in [-0.39, 0.29) is 0 Å². The van der Waals surface area contributed by atoms with Crippen molar-refractivity contribution >= 4 is 91.9 Å². The van der Waals surface area contributed by atoms with E-state index in [2.05, 4.69) is 252 Å². The minimum Gasteiger partial charge on any atom is -0.309 e. The molecule has 13 rings (SSSR count). The number of rotatable bonds is 7. The molecule has 0 aliphatic rings. The van der Waals surface area contributed by atoms with Gasteiger partial charge in [-0.25, -0.2) is 0 Å². The summed E-state index contributed by atoms with van der Waals surface area (Å²) in [6.45, 7) is 0. The topological polar surface area (TPSA) is 8.17 Å². The molecule has 2 heterocycles. The monoisotopic (exact) mass is 844 g/mol. The van der Waals surface area contributed by atoms with E-state index in [1.165, 1.54) is 91.4 Å². The van der Waals surface area contributed by atoms with E-state index in [0.717, 1.165) is 28.3 Å². The molecule has 0 bridgehead atoms. The predicted octanol–water partition coefficient (Wildman–Crippen LogP) is 17.9. The molecule has 0 atom stereocenters. The standard InChI is InChI=1S/C62H40N2S/c1-4-15-41(16-5-1)44-27-30-50(31-28-44)63(58-26-14-25-54-61-53-24-13-12-21-45(53)29-34-60(61)65-62(54)58)51-32-33-57-56(40-51)55-38-46-22-10-11-23-47(46)39-59(55)64(57)52-36-48(42-17-6-2-7-18-42)35-49(37-52)43-19-8-3-9-20-43/h1-40H. The number of anilines is 3. The summed E-state index contributed by atoms with van der Waals surface area (Å²) in [5.74, 6) is 0. The second-order valence-corrected chi connectivity index (χ2v) is 18.0. The molecule has 0 aliphatic carbocycles. The van der Waals surface area contributed by atoms with Gasteiger partial charge in [0.2, 0.25) is 0 Å². The van der Waals surface area contributed by atoms with Gasteiger partial charge in [0, 0.05) is 43.3 Å². The van der Waals surface area contributed by atoms with Crippen molar-refractivity contribution in [3.63, 3.8) is 0 Å². The van der Waals surface area contributed by atoms with Crippen LogP contribution in [0.3, 0.4) is 0 Å². The third-order valence-electron chi connectivity index (χ3n) is 13.1. The summed E-state index contributed by atoms with van der Waals surface area (Å²) in [4.78, 5) is 2.47. The van der Waals surface area contributed by atoms with Crippen LogP contribution >= 0.6 is 11.3 Å². The number of aromatic nitrogens is 1. The average molecular weight is 845 g/mol. The molecule has 0 saturated heterocycles. The maximum Gasteiger partial charge on any atom is 0.0640 e. The molecule has 0 unspecified atom stereocenters. The number of hydrogen-bond donors (Lipinski definition) is 0. The molecule has 2 nitrogen and oxygen atoms in total. The largest absolute Gasteiger partial charge is 0.309 e. The number of benzene rings is 11. The first-order chi connectivity index (χ1) is 32.2. The van der Waals surface area contributed by atoms with Crippen LogP contribution in [0.25, 0.3) is 103 Å². The number of thiophene rings is 1. The Morgan fingerprint density at radius 3 is 1.57 bits per heavy atom. The molecule has 2 aromatic heterocycles. The summed E-state index contributed by atoms with van der Waals surface area (Å²) in [6.07, 6.45) is 0. The van der Waals surface area contributed by atoms with Gasteiger partial charge >= 0.3 is 0 Å². The van der Waals surface area contributed by atoms with Gasteiger partial charge in [-0.1, -0.05) is 170 Å². The lowest BCUT2D eigenvalue weighted by molar-refractivity contribution is 1.18. The van der Waals surface area contributed by atoms with Crippen molar-refractivity contribution in [2.24, 2.45) is 0 Å². The highest BCUT2D eigenvalue weighted by Crippen LogP contribution is 2.48. The van der Waals surface area contributed by atoms with E-state index in [1.807, 2.05) is 11.3 Å². The maximum absolute atomic E-state index is 2.48. The number of nitrogens with zero attached hydrogens (tertiary/aromatic N) is 2. The molecule has 0 N–H and O–H groups in total. The molecular formula is C62H40N2S. The molecule has 304 valence electrons. The van der Waals surface area contributed by atoms with E-state index in [1.54, 1.807) is 0 Å².